The molecule has 2 rings (SSSR count). The van der Waals surface area contributed by atoms with Gasteiger partial charge in [0.15, 0.2) is 0 Å². The van der Waals surface area contributed by atoms with E-state index >= 15 is 0 Å². The number of rotatable bonds is 6. The van der Waals surface area contributed by atoms with Crippen molar-refractivity contribution in [1.82, 2.24) is 5.32 Å². The van der Waals surface area contributed by atoms with Gasteiger partial charge in [-0.05, 0) is 37.0 Å². The maximum absolute atomic E-state index is 11.7. The number of hydrogen-bond acceptors (Lipinski definition) is 4. The van der Waals surface area contributed by atoms with Crippen LogP contribution in [0.15, 0.2) is 27.4 Å². The van der Waals surface area contributed by atoms with Crippen LogP contribution in [-0.4, -0.2) is 11.1 Å². The highest BCUT2D eigenvalue weighted by atomic mass is 16.4. The topological polar surface area (TPSA) is 62.5 Å². The molecule has 0 fully saturated rings. The molecule has 1 heterocycles. The third-order valence-electron chi connectivity index (χ3n) is 3.77. The first kappa shape index (κ1) is 15.6. The summed E-state index contributed by atoms with van der Waals surface area (Å²) in [6.45, 7) is 6.90. The molecule has 0 radical (unpaired) electrons. The Morgan fingerprint density at radius 3 is 2.67 bits per heavy atom. The molecule has 0 aliphatic rings. The zero-order chi connectivity index (χ0) is 15.4. The van der Waals surface area contributed by atoms with E-state index in [1.165, 1.54) is 12.1 Å². The second-order valence-electron chi connectivity index (χ2n) is 5.49. The zero-order valence-corrected chi connectivity index (χ0v) is 12.9. The maximum Gasteiger partial charge on any atom is 0.336 e. The van der Waals surface area contributed by atoms with E-state index in [2.05, 4.69) is 19.2 Å². The molecule has 0 aliphatic heterocycles. The highest BCUT2D eigenvalue weighted by molar-refractivity contribution is 5.82. The van der Waals surface area contributed by atoms with Crippen LogP contribution in [0.4, 0.5) is 0 Å². The average Bonchev–Trinajstić information content (AvgIpc) is 2.44. The van der Waals surface area contributed by atoms with Crippen LogP contribution in [0.1, 0.15) is 44.7 Å². The van der Waals surface area contributed by atoms with Gasteiger partial charge in [-0.1, -0.05) is 20.3 Å². The molecule has 0 saturated carbocycles. The zero-order valence-electron chi connectivity index (χ0n) is 12.9. The van der Waals surface area contributed by atoms with Gasteiger partial charge in [-0.2, -0.15) is 0 Å². The normalized spacial score (nSPS) is 12.7. The van der Waals surface area contributed by atoms with Crippen LogP contribution in [0.2, 0.25) is 0 Å². The molecular weight excluding hydrogens is 266 g/mol. The van der Waals surface area contributed by atoms with Gasteiger partial charge < -0.3 is 14.8 Å². The Bertz CT molecular complexity index is 676. The third-order valence-corrected chi connectivity index (χ3v) is 3.77. The quantitative estimate of drug-likeness (QED) is 0.801. The number of phenolic OH excluding ortho intramolecular Hbond substituents is 1. The lowest BCUT2D eigenvalue weighted by Crippen LogP contribution is -2.25. The number of benzene rings is 1. The Kier molecular flexibility index (Phi) is 5.02. The molecule has 2 aromatic rings. The predicted molar refractivity (Wildman–Crippen MR) is 84.7 cm³/mol. The average molecular weight is 289 g/mol. The Hall–Kier alpha value is -1.81. The highest BCUT2D eigenvalue weighted by Gasteiger charge is 2.10. The fourth-order valence-corrected chi connectivity index (χ4v) is 2.56. The summed E-state index contributed by atoms with van der Waals surface area (Å²) in [4.78, 5) is 11.7. The molecular formula is C17H23NO3. The second-order valence-corrected chi connectivity index (χ2v) is 5.49. The van der Waals surface area contributed by atoms with Crippen molar-refractivity contribution >= 4 is 11.0 Å². The summed E-state index contributed by atoms with van der Waals surface area (Å²) in [5.41, 5.74) is 1.83. The van der Waals surface area contributed by atoms with Crippen LogP contribution in [-0.2, 0) is 13.0 Å². The summed E-state index contributed by atoms with van der Waals surface area (Å²) in [6.07, 6.45) is 2.96. The number of aromatic hydroxyl groups is 1. The van der Waals surface area contributed by atoms with Gasteiger partial charge in [0, 0.05) is 30.1 Å². The van der Waals surface area contributed by atoms with Crippen molar-refractivity contribution in [2.75, 3.05) is 0 Å². The molecule has 4 heteroatoms. The van der Waals surface area contributed by atoms with E-state index in [9.17, 15) is 9.90 Å². The van der Waals surface area contributed by atoms with Crippen molar-refractivity contribution in [3.05, 3.63) is 39.7 Å². The van der Waals surface area contributed by atoms with Gasteiger partial charge in [0.25, 0.3) is 0 Å². The van der Waals surface area contributed by atoms with E-state index in [-0.39, 0.29) is 11.4 Å². The third kappa shape index (κ3) is 3.64. The van der Waals surface area contributed by atoms with Crippen LogP contribution < -0.4 is 10.9 Å². The van der Waals surface area contributed by atoms with Gasteiger partial charge in [0.2, 0.25) is 0 Å². The Morgan fingerprint density at radius 1 is 1.24 bits per heavy atom. The van der Waals surface area contributed by atoms with Crippen molar-refractivity contribution in [1.29, 1.82) is 0 Å². The molecule has 21 heavy (non-hydrogen) atoms. The van der Waals surface area contributed by atoms with Gasteiger partial charge in [0.05, 0.1) is 0 Å². The minimum atomic E-state index is -0.383. The molecule has 114 valence electrons. The second kappa shape index (κ2) is 6.76. The summed E-state index contributed by atoms with van der Waals surface area (Å²) in [5, 5.41) is 14.2. The van der Waals surface area contributed by atoms with Crippen molar-refractivity contribution in [3.8, 4) is 5.75 Å². The molecule has 0 aliphatic carbocycles. The first-order chi connectivity index (χ1) is 10.0. The molecule has 1 atom stereocenters. The highest BCUT2D eigenvalue weighted by Crippen LogP contribution is 2.26. The van der Waals surface area contributed by atoms with Gasteiger partial charge in [0.1, 0.15) is 11.3 Å². The van der Waals surface area contributed by atoms with Crippen molar-refractivity contribution in [2.24, 2.45) is 0 Å². The van der Waals surface area contributed by atoms with E-state index in [1.807, 2.05) is 13.0 Å². The lowest BCUT2D eigenvalue weighted by molar-refractivity contribution is 0.466. The predicted octanol–water partition coefficient (Wildman–Crippen LogP) is 3.34. The first-order valence-electron chi connectivity index (χ1n) is 7.57. The summed E-state index contributed by atoms with van der Waals surface area (Å²) in [6, 6.07) is 5.38. The number of aryl methyl sites for hydroxylation is 1. The lowest BCUT2D eigenvalue weighted by atomic mass is 10.0. The molecule has 0 bridgehead atoms. The molecule has 0 spiro atoms. The minimum absolute atomic E-state index is 0.178. The van der Waals surface area contributed by atoms with Crippen LogP contribution in [0.25, 0.3) is 11.0 Å². The Balaban J connectivity index is 2.39. The van der Waals surface area contributed by atoms with E-state index in [4.69, 9.17) is 4.42 Å². The standard InChI is InChI=1S/C17H23NO3/c1-4-6-11(3)18-10-13-8-17(20)21-16-9-15(19)12(5-2)7-14(13)16/h7-9,11,18-19H,4-6,10H2,1-3H3/t11-/m0/s1. The molecule has 1 aromatic heterocycles. The lowest BCUT2D eigenvalue weighted by Gasteiger charge is -2.14. The number of fused-ring (bicyclic) bond motifs is 1. The molecule has 0 amide bonds. The van der Waals surface area contributed by atoms with Crippen LogP contribution in [0.5, 0.6) is 5.75 Å². The molecule has 4 nitrogen and oxygen atoms in total. The fourth-order valence-electron chi connectivity index (χ4n) is 2.56. The molecule has 0 saturated heterocycles. The van der Waals surface area contributed by atoms with Crippen LogP contribution >= 0.6 is 0 Å². The first-order valence-corrected chi connectivity index (χ1v) is 7.57. The molecule has 1 aromatic carbocycles. The smallest absolute Gasteiger partial charge is 0.336 e. The van der Waals surface area contributed by atoms with Gasteiger partial charge in [-0.3, -0.25) is 0 Å². The Labute approximate surface area is 124 Å². The van der Waals surface area contributed by atoms with Gasteiger partial charge in [-0.25, -0.2) is 4.79 Å². The van der Waals surface area contributed by atoms with E-state index < -0.39 is 0 Å². The summed E-state index contributed by atoms with van der Waals surface area (Å²) in [7, 11) is 0. The van der Waals surface area contributed by atoms with E-state index in [0.717, 1.165) is 35.8 Å². The largest absolute Gasteiger partial charge is 0.508 e. The van der Waals surface area contributed by atoms with Gasteiger partial charge >= 0.3 is 5.63 Å². The Morgan fingerprint density at radius 2 is 2.00 bits per heavy atom. The summed E-state index contributed by atoms with van der Waals surface area (Å²) < 4.78 is 5.19. The SMILES string of the molecule is CCC[C@H](C)NCc1cc(=O)oc2cc(O)c(CC)cc12. The van der Waals surface area contributed by atoms with E-state index in [1.54, 1.807) is 0 Å². The maximum atomic E-state index is 11.7. The van der Waals surface area contributed by atoms with E-state index in [0.29, 0.717) is 18.2 Å². The van der Waals surface area contributed by atoms with Gasteiger partial charge in [-0.15, -0.1) is 0 Å². The van der Waals surface area contributed by atoms with Crippen LogP contribution in [0, 0.1) is 0 Å². The molecule has 2 N–H and O–H groups in total. The fraction of sp³-hybridized carbons (Fsp3) is 0.471. The van der Waals surface area contributed by atoms with Crippen molar-refractivity contribution in [2.45, 2.75) is 52.6 Å². The number of hydrogen-bond donors (Lipinski definition) is 2. The minimum Gasteiger partial charge on any atom is -0.508 e. The number of nitrogens with one attached hydrogen (secondary N) is 1. The van der Waals surface area contributed by atoms with Crippen LogP contribution in [0.3, 0.4) is 0 Å². The van der Waals surface area contributed by atoms with Crippen molar-refractivity contribution < 1.29 is 9.52 Å². The summed E-state index contributed by atoms with van der Waals surface area (Å²) in [5.74, 6) is 0.178. The summed E-state index contributed by atoms with van der Waals surface area (Å²) >= 11 is 0. The number of phenols is 1. The monoisotopic (exact) mass is 289 g/mol. The van der Waals surface area contributed by atoms with Crippen molar-refractivity contribution in [3.63, 3.8) is 0 Å². The molecule has 0 unspecified atom stereocenters.